The van der Waals surface area contributed by atoms with Gasteiger partial charge in [-0.1, -0.05) is 12.1 Å². The maximum Gasteiger partial charge on any atom is 0.165 e. The van der Waals surface area contributed by atoms with Crippen molar-refractivity contribution < 1.29 is 9.47 Å². The summed E-state index contributed by atoms with van der Waals surface area (Å²) in [6, 6.07) is 5.98. The lowest BCUT2D eigenvalue weighted by atomic mass is 10.1. The van der Waals surface area contributed by atoms with Crippen LogP contribution in [0.15, 0.2) is 30.6 Å². The van der Waals surface area contributed by atoms with Crippen molar-refractivity contribution in [2.24, 2.45) is 0 Å². The Morgan fingerprint density at radius 2 is 2.24 bits per heavy atom. The van der Waals surface area contributed by atoms with Crippen LogP contribution in [0.5, 0.6) is 11.5 Å². The number of para-hydroxylation sites is 1. The van der Waals surface area contributed by atoms with Crippen molar-refractivity contribution in [1.29, 1.82) is 0 Å². The molecule has 5 heteroatoms. The number of aromatic nitrogens is 2. The summed E-state index contributed by atoms with van der Waals surface area (Å²) >= 11 is 0. The van der Waals surface area contributed by atoms with Crippen LogP contribution in [0.2, 0.25) is 0 Å². The molecule has 114 valence electrons. The van der Waals surface area contributed by atoms with E-state index in [0.717, 1.165) is 48.8 Å². The Balaban J connectivity index is 1.80. The number of nitrogens with one attached hydrogen (secondary N) is 2. The van der Waals surface area contributed by atoms with Gasteiger partial charge in [-0.05, 0) is 26.0 Å². The van der Waals surface area contributed by atoms with Crippen LogP contribution in [-0.2, 0) is 13.0 Å². The normalized spacial score (nSPS) is 10.6. The van der Waals surface area contributed by atoms with Crippen LogP contribution in [0.3, 0.4) is 0 Å². The molecule has 0 saturated heterocycles. The van der Waals surface area contributed by atoms with Crippen molar-refractivity contribution in [2.45, 2.75) is 26.3 Å². The second kappa shape index (κ2) is 8.32. The van der Waals surface area contributed by atoms with Crippen LogP contribution in [-0.4, -0.2) is 30.2 Å². The molecule has 1 heterocycles. The topological polar surface area (TPSA) is 59.2 Å². The summed E-state index contributed by atoms with van der Waals surface area (Å²) in [6.45, 7) is 4.31. The zero-order chi connectivity index (χ0) is 14.9. The quantitative estimate of drug-likeness (QED) is 0.697. The molecule has 1 aromatic heterocycles. The van der Waals surface area contributed by atoms with Crippen molar-refractivity contribution in [3.8, 4) is 11.5 Å². The molecule has 2 rings (SSSR count). The van der Waals surface area contributed by atoms with E-state index < -0.39 is 0 Å². The van der Waals surface area contributed by atoms with Gasteiger partial charge in [0.2, 0.25) is 0 Å². The molecule has 0 atom stereocenters. The predicted molar refractivity (Wildman–Crippen MR) is 82.8 cm³/mol. The van der Waals surface area contributed by atoms with Gasteiger partial charge in [0.05, 0.1) is 13.7 Å². The van der Waals surface area contributed by atoms with E-state index in [1.165, 1.54) is 0 Å². The number of ether oxygens (including phenoxy) is 2. The Morgan fingerprint density at radius 1 is 1.33 bits per heavy atom. The molecule has 0 aliphatic rings. The van der Waals surface area contributed by atoms with Crippen molar-refractivity contribution in [2.75, 3.05) is 20.3 Å². The zero-order valence-corrected chi connectivity index (χ0v) is 12.7. The molecule has 0 aliphatic heterocycles. The van der Waals surface area contributed by atoms with Gasteiger partial charge in [-0.15, -0.1) is 0 Å². The van der Waals surface area contributed by atoms with Gasteiger partial charge in [0, 0.05) is 30.9 Å². The van der Waals surface area contributed by atoms with Crippen LogP contribution in [0.25, 0.3) is 0 Å². The molecule has 2 aromatic rings. The summed E-state index contributed by atoms with van der Waals surface area (Å²) in [5.41, 5.74) is 1.11. The summed E-state index contributed by atoms with van der Waals surface area (Å²) in [4.78, 5) is 7.32. The van der Waals surface area contributed by atoms with E-state index in [0.29, 0.717) is 6.61 Å². The highest BCUT2D eigenvalue weighted by molar-refractivity contribution is 5.46. The molecule has 2 N–H and O–H groups in total. The smallest absolute Gasteiger partial charge is 0.165 e. The molecule has 0 amide bonds. The average Bonchev–Trinajstić information content (AvgIpc) is 3.01. The minimum atomic E-state index is 0.635. The van der Waals surface area contributed by atoms with Crippen molar-refractivity contribution in [3.05, 3.63) is 42.0 Å². The van der Waals surface area contributed by atoms with Gasteiger partial charge in [-0.3, -0.25) is 0 Å². The Morgan fingerprint density at radius 3 is 2.95 bits per heavy atom. The average molecular weight is 289 g/mol. The van der Waals surface area contributed by atoms with Crippen molar-refractivity contribution in [1.82, 2.24) is 15.3 Å². The highest BCUT2D eigenvalue weighted by Gasteiger charge is 2.09. The van der Waals surface area contributed by atoms with Gasteiger partial charge in [-0.2, -0.15) is 0 Å². The number of aromatic amines is 1. The zero-order valence-electron chi connectivity index (χ0n) is 12.7. The summed E-state index contributed by atoms with van der Waals surface area (Å²) in [7, 11) is 1.68. The van der Waals surface area contributed by atoms with Crippen LogP contribution in [0.4, 0.5) is 0 Å². The molecule has 0 fully saturated rings. The first kappa shape index (κ1) is 15.4. The fourth-order valence-corrected chi connectivity index (χ4v) is 2.24. The monoisotopic (exact) mass is 289 g/mol. The molecule has 0 saturated carbocycles. The fourth-order valence-electron chi connectivity index (χ4n) is 2.24. The minimum absolute atomic E-state index is 0.635. The standard InChI is InChI=1S/C16H23N3O2/c1-3-21-14-7-4-6-13(16(14)20-2)12-17-9-5-8-15-18-10-11-19-15/h4,6-7,10-11,17H,3,5,8-9,12H2,1-2H3,(H,18,19). The molecule has 0 spiro atoms. The molecule has 0 radical (unpaired) electrons. The number of hydrogen-bond donors (Lipinski definition) is 2. The second-order valence-corrected chi connectivity index (χ2v) is 4.70. The number of aryl methyl sites for hydroxylation is 1. The lowest BCUT2D eigenvalue weighted by Gasteiger charge is -2.14. The summed E-state index contributed by atoms with van der Waals surface area (Å²) in [5, 5.41) is 3.43. The van der Waals surface area contributed by atoms with E-state index in [1.807, 2.05) is 25.3 Å². The van der Waals surface area contributed by atoms with Crippen LogP contribution < -0.4 is 14.8 Å². The van der Waals surface area contributed by atoms with Gasteiger partial charge in [0.15, 0.2) is 11.5 Å². The first-order valence-corrected chi connectivity index (χ1v) is 7.32. The molecule has 21 heavy (non-hydrogen) atoms. The van der Waals surface area contributed by atoms with E-state index in [1.54, 1.807) is 13.3 Å². The number of methoxy groups -OCH3 is 1. The number of benzene rings is 1. The largest absolute Gasteiger partial charge is 0.493 e. The summed E-state index contributed by atoms with van der Waals surface area (Å²) in [6.07, 6.45) is 5.64. The lowest BCUT2D eigenvalue weighted by molar-refractivity contribution is 0.308. The van der Waals surface area contributed by atoms with E-state index in [4.69, 9.17) is 9.47 Å². The van der Waals surface area contributed by atoms with Crippen molar-refractivity contribution >= 4 is 0 Å². The molecular formula is C16H23N3O2. The van der Waals surface area contributed by atoms with Gasteiger partial charge >= 0.3 is 0 Å². The Labute approximate surface area is 125 Å². The number of hydrogen-bond acceptors (Lipinski definition) is 4. The maximum absolute atomic E-state index is 5.58. The highest BCUT2D eigenvalue weighted by Crippen LogP contribution is 2.30. The molecule has 0 aliphatic carbocycles. The van der Waals surface area contributed by atoms with Gasteiger partial charge in [0.25, 0.3) is 0 Å². The van der Waals surface area contributed by atoms with E-state index in [-0.39, 0.29) is 0 Å². The van der Waals surface area contributed by atoms with Gasteiger partial charge in [0.1, 0.15) is 5.82 Å². The first-order chi connectivity index (χ1) is 10.3. The number of H-pyrrole nitrogens is 1. The fraction of sp³-hybridized carbons (Fsp3) is 0.438. The lowest BCUT2D eigenvalue weighted by Crippen LogP contribution is -2.16. The highest BCUT2D eigenvalue weighted by atomic mass is 16.5. The maximum atomic E-state index is 5.58. The second-order valence-electron chi connectivity index (χ2n) is 4.70. The van der Waals surface area contributed by atoms with E-state index >= 15 is 0 Å². The summed E-state index contributed by atoms with van der Waals surface area (Å²) < 4.78 is 11.0. The minimum Gasteiger partial charge on any atom is -0.493 e. The van der Waals surface area contributed by atoms with Gasteiger partial charge in [-0.25, -0.2) is 4.98 Å². The molecule has 0 unspecified atom stereocenters. The molecule has 5 nitrogen and oxygen atoms in total. The van der Waals surface area contributed by atoms with Gasteiger partial charge < -0.3 is 19.8 Å². The summed E-state index contributed by atoms with van der Waals surface area (Å²) in [5.74, 6) is 2.65. The van der Waals surface area contributed by atoms with E-state index in [2.05, 4.69) is 21.4 Å². The SMILES string of the molecule is CCOc1cccc(CNCCCc2ncc[nH]2)c1OC. The van der Waals surface area contributed by atoms with Crippen molar-refractivity contribution in [3.63, 3.8) is 0 Å². The number of imidazole rings is 1. The third-order valence-electron chi connectivity index (χ3n) is 3.20. The molecular weight excluding hydrogens is 266 g/mol. The Bertz CT molecular complexity index is 526. The van der Waals surface area contributed by atoms with E-state index in [9.17, 15) is 0 Å². The first-order valence-electron chi connectivity index (χ1n) is 7.32. The molecule has 1 aromatic carbocycles. The Kier molecular flexibility index (Phi) is 6.09. The van der Waals surface area contributed by atoms with Crippen LogP contribution in [0, 0.1) is 0 Å². The number of nitrogens with zero attached hydrogens (tertiary/aromatic N) is 1. The third kappa shape index (κ3) is 4.49. The number of rotatable bonds is 9. The third-order valence-corrected chi connectivity index (χ3v) is 3.20. The molecule has 0 bridgehead atoms. The van der Waals surface area contributed by atoms with Crippen LogP contribution >= 0.6 is 0 Å². The predicted octanol–water partition coefficient (Wildman–Crippen LogP) is 2.54. The van der Waals surface area contributed by atoms with Crippen LogP contribution in [0.1, 0.15) is 24.7 Å². The Hall–Kier alpha value is -2.01.